The molecule has 3 rings (SSSR count). The number of carbonyl (C=O) groups is 2. The van der Waals surface area contributed by atoms with E-state index in [4.69, 9.17) is 11.6 Å². The molecule has 1 aliphatic heterocycles. The van der Waals surface area contributed by atoms with Crippen LogP contribution in [-0.2, 0) is 4.79 Å². The third-order valence-corrected chi connectivity index (χ3v) is 4.98. The van der Waals surface area contributed by atoms with Crippen LogP contribution in [0, 0.1) is 6.92 Å². The van der Waals surface area contributed by atoms with Gasteiger partial charge in [0, 0.05) is 31.7 Å². The Morgan fingerprint density at radius 1 is 1.00 bits per heavy atom. The van der Waals surface area contributed by atoms with Crippen LogP contribution in [0.5, 0.6) is 0 Å². The molecule has 1 fully saturated rings. The molecule has 9 heteroatoms. The van der Waals surface area contributed by atoms with Crippen LogP contribution in [0.1, 0.15) is 15.9 Å². The molecule has 2 amide bonds. The molecule has 0 spiro atoms. The lowest BCUT2D eigenvalue weighted by Crippen LogP contribution is -2.49. The summed E-state index contributed by atoms with van der Waals surface area (Å²) in [7, 11) is 0. The first-order valence-corrected chi connectivity index (χ1v) is 9.32. The summed E-state index contributed by atoms with van der Waals surface area (Å²) in [6.45, 7) is 3.44. The quantitative estimate of drug-likeness (QED) is 0.805. The van der Waals surface area contributed by atoms with Gasteiger partial charge in [-0.15, -0.1) is 0 Å². The van der Waals surface area contributed by atoms with Crippen molar-refractivity contribution in [2.24, 2.45) is 0 Å². The molecule has 1 N–H and O–H groups in total. The summed E-state index contributed by atoms with van der Waals surface area (Å²) in [4.78, 5) is 27.5. The summed E-state index contributed by atoms with van der Waals surface area (Å²) in [5.74, 6) is -2.16. The van der Waals surface area contributed by atoms with Gasteiger partial charge in [0.25, 0.3) is 5.91 Å². The number of rotatable bonds is 3. The van der Waals surface area contributed by atoms with Gasteiger partial charge in [0.05, 0.1) is 16.4 Å². The summed E-state index contributed by atoms with van der Waals surface area (Å²) in [6, 6.07) is 11.6. The van der Waals surface area contributed by atoms with Gasteiger partial charge in [0.1, 0.15) is 0 Å². The highest BCUT2D eigenvalue weighted by Gasteiger charge is 2.39. The van der Waals surface area contributed by atoms with Crippen LogP contribution >= 0.6 is 11.6 Å². The molecule has 0 aromatic heterocycles. The number of carbonyl (C=O) groups excluding carboxylic acids is 2. The maximum atomic E-state index is 12.6. The summed E-state index contributed by atoms with van der Waals surface area (Å²) in [5.41, 5.74) is 1.94. The maximum Gasteiger partial charge on any atom is 0.471 e. The number of benzene rings is 2. The number of amides is 2. The first-order valence-electron chi connectivity index (χ1n) is 8.94. The molecule has 0 unspecified atom stereocenters. The summed E-state index contributed by atoms with van der Waals surface area (Å²) >= 11 is 6.22. The molecule has 5 nitrogen and oxygen atoms in total. The van der Waals surface area contributed by atoms with E-state index in [1.807, 2.05) is 24.4 Å². The molecule has 2 aromatic carbocycles. The van der Waals surface area contributed by atoms with Gasteiger partial charge < -0.3 is 15.1 Å². The zero-order chi connectivity index (χ0) is 21.2. The predicted octanol–water partition coefficient (Wildman–Crippen LogP) is 4.11. The SMILES string of the molecule is Cc1ccc(C(=O)N2CCN(c3c(Cl)cccc3NC(=O)C(F)(F)F)CC2)cc1. The number of hydrogen-bond donors (Lipinski definition) is 1. The Hall–Kier alpha value is -2.74. The van der Waals surface area contributed by atoms with Gasteiger partial charge in [-0.2, -0.15) is 13.2 Å². The third kappa shape index (κ3) is 4.82. The van der Waals surface area contributed by atoms with E-state index in [2.05, 4.69) is 0 Å². The first-order chi connectivity index (χ1) is 13.7. The van der Waals surface area contributed by atoms with Crippen LogP contribution < -0.4 is 10.2 Å². The van der Waals surface area contributed by atoms with E-state index < -0.39 is 12.1 Å². The summed E-state index contributed by atoms with van der Waals surface area (Å²) < 4.78 is 37.9. The van der Waals surface area contributed by atoms with Crippen LogP contribution in [0.4, 0.5) is 24.5 Å². The maximum absolute atomic E-state index is 12.6. The van der Waals surface area contributed by atoms with Gasteiger partial charge in [-0.05, 0) is 31.2 Å². The summed E-state index contributed by atoms with van der Waals surface area (Å²) in [6.07, 6.45) is -5.00. The monoisotopic (exact) mass is 425 g/mol. The number of hydrogen-bond acceptors (Lipinski definition) is 3. The van der Waals surface area contributed by atoms with Crippen molar-refractivity contribution in [2.75, 3.05) is 36.4 Å². The van der Waals surface area contributed by atoms with Crippen molar-refractivity contribution >= 4 is 34.8 Å². The van der Waals surface area contributed by atoms with E-state index in [0.29, 0.717) is 37.4 Å². The molecule has 154 valence electrons. The lowest BCUT2D eigenvalue weighted by atomic mass is 10.1. The van der Waals surface area contributed by atoms with E-state index in [1.165, 1.54) is 12.1 Å². The second-order valence-corrected chi connectivity index (χ2v) is 7.14. The number of para-hydroxylation sites is 1. The Bertz CT molecular complexity index is 908. The topological polar surface area (TPSA) is 52.7 Å². The lowest BCUT2D eigenvalue weighted by Gasteiger charge is -2.37. The van der Waals surface area contributed by atoms with Crippen molar-refractivity contribution in [3.8, 4) is 0 Å². The smallest absolute Gasteiger partial charge is 0.365 e. The average molecular weight is 426 g/mol. The van der Waals surface area contributed by atoms with Crippen LogP contribution in [0.15, 0.2) is 42.5 Å². The van der Waals surface area contributed by atoms with Crippen molar-refractivity contribution in [1.82, 2.24) is 4.90 Å². The molecular formula is C20H19ClF3N3O2. The van der Waals surface area contributed by atoms with Crippen molar-refractivity contribution < 1.29 is 22.8 Å². The van der Waals surface area contributed by atoms with Crippen LogP contribution in [-0.4, -0.2) is 49.1 Å². The molecule has 1 aliphatic rings. The Labute approximate surface area is 171 Å². The normalized spacial score (nSPS) is 14.7. The predicted molar refractivity (Wildman–Crippen MR) is 105 cm³/mol. The van der Waals surface area contributed by atoms with E-state index in [-0.39, 0.29) is 16.6 Å². The molecule has 2 aromatic rings. The molecule has 0 aliphatic carbocycles. The van der Waals surface area contributed by atoms with Gasteiger partial charge in [0.15, 0.2) is 0 Å². The average Bonchev–Trinajstić information content (AvgIpc) is 2.68. The molecule has 0 radical (unpaired) electrons. The highest BCUT2D eigenvalue weighted by molar-refractivity contribution is 6.34. The molecular weight excluding hydrogens is 407 g/mol. The number of nitrogens with one attached hydrogen (secondary N) is 1. The fraction of sp³-hybridized carbons (Fsp3) is 0.300. The Balaban J connectivity index is 1.73. The highest BCUT2D eigenvalue weighted by Crippen LogP contribution is 2.35. The zero-order valence-corrected chi connectivity index (χ0v) is 16.3. The van der Waals surface area contributed by atoms with E-state index in [1.54, 1.807) is 28.0 Å². The molecule has 0 atom stereocenters. The lowest BCUT2D eigenvalue weighted by molar-refractivity contribution is -0.167. The van der Waals surface area contributed by atoms with Crippen LogP contribution in [0.25, 0.3) is 0 Å². The molecule has 0 saturated carbocycles. The third-order valence-electron chi connectivity index (χ3n) is 4.67. The molecule has 1 heterocycles. The minimum absolute atomic E-state index is 0.0156. The van der Waals surface area contributed by atoms with E-state index in [9.17, 15) is 22.8 Å². The minimum Gasteiger partial charge on any atom is -0.365 e. The van der Waals surface area contributed by atoms with Gasteiger partial charge >= 0.3 is 12.1 Å². The van der Waals surface area contributed by atoms with Crippen molar-refractivity contribution in [3.05, 3.63) is 58.6 Å². The number of nitrogens with zero attached hydrogens (tertiary/aromatic N) is 2. The number of alkyl halides is 3. The Morgan fingerprint density at radius 2 is 1.62 bits per heavy atom. The first kappa shape index (κ1) is 21.0. The number of halogens is 4. The fourth-order valence-electron chi connectivity index (χ4n) is 3.14. The number of aryl methyl sites for hydroxylation is 1. The zero-order valence-electron chi connectivity index (χ0n) is 15.6. The second-order valence-electron chi connectivity index (χ2n) is 6.73. The molecule has 1 saturated heterocycles. The van der Waals surface area contributed by atoms with E-state index >= 15 is 0 Å². The van der Waals surface area contributed by atoms with Crippen molar-refractivity contribution in [1.29, 1.82) is 0 Å². The fourth-order valence-corrected chi connectivity index (χ4v) is 3.44. The van der Waals surface area contributed by atoms with Gasteiger partial charge in [-0.3, -0.25) is 9.59 Å². The summed E-state index contributed by atoms with van der Waals surface area (Å²) in [5, 5.41) is 2.11. The molecule has 29 heavy (non-hydrogen) atoms. The van der Waals surface area contributed by atoms with Crippen LogP contribution in [0.3, 0.4) is 0 Å². The van der Waals surface area contributed by atoms with Gasteiger partial charge in [-0.25, -0.2) is 0 Å². The number of piperazine rings is 1. The van der Waals surface area contributed by atoms with E-state index in [0.717, 1.165) is 5.56 Å². The number of anilines is 2. The standard InChI is InChI=1S/C20H19ClF3N3O2/c1-13-5-7-14(8-6-13)18(28)27-11-9-26(10-12-27)17-15(21)3-2-4-16(17)25-19(29)20(22,23)24/h2-8H,9-12H2,1H3,(H,25,29). The highest BCUT2D eigenvalue weighted by atomic mass is 35.5. The van der Waals surface area contributed by atoms with Crippen molar-refractivity contribution in [3.63, 3.8) is 0 Å². The van der Waals surface area contributed by atoms with Gasteiger partial charge in [0.2, 0.25) is 0 Å². The van der Waals surface area contributed by atoms with Crippen LogP contribution in [0.2, 0.25) is 5.02 Å². The Kier molecular flexibility index (Phi) is 6.02. The Morgan fingerprint density at radius 3 is 2.21 bits per heavy atom. The second kappa shape index (κ2) is 8.32. The largest absolute Gasteiger partial charge is 0.471 e. The minimum atomic E-state index is -5.00. The molecule has 0 bridgehead atoms. The van der Waals surface area contributed by atoms with Crippen molar-refractivity contribution in [2.45, 2.75) is 13.1 Å². The van der Waals surface area contributed by atoms with Gasteiger partial charge in [-0.1, -0.05) is 35.4 Å².